The number of nitrogens with two attached hydrogens (primary N) is 1. The first-order chi connectivity index (χ1) is 7.68. The van der Waals surface area contributed by atoms with Gasteiger partial charge in [-0.1, -0.05) is 6.42 Å². The van der Waals surface area contributed by atoms with Gasteiger partial charge in [-0.15, -0.1) is 0 Å². The highest BCUT2D eigenvalue weighted by Crippen LogP contribution is 2.26. The molecule has 0 bridgehead atoms. The van der Waals surface area contributed by atoms with Gasteiger partial charge in [-0.3, -0.25) is 4.79 Å². The molecule has 1 aromatic heterocycles. The van der Waals surface area contributed by atoms with Crippen molar-refractivity contribution in [3.63, 3.8) is 0 Å². The van der Waals surface area contributed by atoms with Crippen LogP contribution in [0.2, 0.25) is 0 Å². The molecule has 2 atom stereocenters. The second-order valence-electron chi connectivity index (χ2n) is 4.53. The molecule has 1 aromatic rings. The summed E-state index contributed by atoms with van der Waals surface area (Å²) in [6, 6.07) is 2.13. The smallest absolute Gasteiger partial charge is 0.227 e. The molecule has 0 radical (unpaired) electrons. The summed E-state index contributed by atoms with van der Waals surface area (Å²) in [5.74, 6) is 0.250. The monoisotopic (exact) mass is 238 g/mol. The second-order valence-corrected chi connectivity index (χ2v) is 5.31. The number of thiophene rings is 1. The standard InChI is InChI=1S/C12H18N2OS/c1-14(7-9-5-6-16-8-9)12(15)10-3-2-4-11(10)13/h5-6,8,10-11H,2-4,7,13H2,1H3. The number of hydrogen-bond donors (Lipinski definition) is 1. The van der Waals surface area contributed by atoms with Crippen molar-refractivity contribution in [2.24, 2.45) is 11.7 Å². The molecule has 1 heterocycles. The van der Waals surface area contributed by atoms with Crippen molar-refractivity contribution in [3.8, 4) is 0 Å². The summed E-state index contributed by atoms with van der Waals surface area (Å²) >= 11 is 1.66. The Hall–Kier alpha value is -0.870. The lowest BCUT2D eigenvalue weighted by atomic mass is 10.0. The fraction of sp³-hybridized carbons (Fsp3) is 0.583. The first kappa shape index (κ1) is 11.6. The summed E-state index contributed by atoms with van der Waals surface area (Å²) in [7, 11) is 1.87. The summed E-state index contributed by atoms with van der Waals surface area (Å²) in [4.78, 5) is 13.9. The molecule has 1 aliphatic carbocycles. The Labute approximate surface area is 100 Å². The molecule has 2 N–H and O–H groups in total. The maximum absolute atomic E-state index is 12.1. The van der Waals surface area contributed by atoms with E-state index in [-0.39, 0.29) is 17.9 Å². The summed E-state index contributed by atoms with van der Waals surface area (Å²) in [5.41, 5.74) is 7.15. The van der Waals surface area contributed by atoms with E-state index in [0.29, 0.717) is 6.54 Å². The van der Waals surface area contributed by atoms with Crippen LogP contribution in [-0.2, 0) is 11.3 Å². The summed E-state index contributed by atoms with van der Waals surface area (Å²) in [5, 5.41) is 4.12. The highest BCUT2D eigenvalue weighted by Gasteiger charge is 2.32. The Balaban J connectivity index is 1.94. The van der Waals surface area contributed by atoms with E-state index >= 15 is 0 Å². The summed E-state index contributed by atoms with van der Waals surface area (Å²) in [6.45, 7) is 0.700. The zero-order valence-corrected chi connectivity index (χ0v) is 10.4. The minimum atomic E-state index is 0.0450. The van der Waals surface area contributed by atoms with Crippen molar-refractivity contribution in [3.05, 3.63) is 22.4 Å². The van der Waals surface area contributed by atoms with Crippen molar-refractivity contribution < 1.29 is 4.79 Å². The first-order valence-corrected chi connectivity index (χ1v) is 6.64. The van der Waals surface area contributed by atoms with Crippen molar-refractivity contribution >= 4 is 17.2 Å². The Morgan fingerprint density at radius 2 is 2.44 bits per heavy atom. The Kier molecular flexibility index (Phi) is 3.61. The van der Waals surface area contributed by atoms with Crippen molar-refractivity contribution in [1.29, 1.82) is 0 Å². The highest BCUT2D eigenvalue weighted by molar-refractivity contribution is 7.07. The topological polar surface area (TPSA) is 46.3 Å². The molecule has 1 aliphatic rings. The molecule has 1 saturated carbocycles. The van der Waals surface area contributed by atoms with E-state index < -0.39 is 0 Å². The zero-order valence-electron chi connectivity index (χ0n) is 9.56. The number of nitrogens with zero attached hydrogens (tertiary/aromatic N) is 1. The maximum atomic E-state index is 12.1. The molecule has 2 unspecified atom stereocenters. The van der Waals surface area contributed by atoms with Crippen molar-refractivity contribution in [1.82, 2.24) is 4.90 Å². The highest BCUT2D eigenvalue weighted by atomic mass is 32.1. The van der Waals surface area contributed by atoms with Crippen LogP contribution in [0.25, 0.3) is 0 Å². The third kappa shape index (κ3) is 2.44. The van der Waals surface area contributed by atoms with Crippen molar-refractivity contribution in [2.45, 2.75) is 31.8 Å². The van der Waals surface area contributed by atoms with Crippen LogP contribution in [0.3, 0.4) is 0 Å². The van der Waals surface area contributed by atoms with Crippen LogP contribution in [0.1, 0.15) is 24.8 Å². The van der Waals surface area contributed by atoms with Gasteiger partial charge in [0.05, 0.1) is 5.92 Å². The molecular weight excluding hydrogens is 220 g/mol. The van der Waals surface area contributed by atoms with Gasteiger partial charge in [-0.2, -0.15) is 11.3 Å². The second kappa shape index (κ2) is 4.97. The largest absolute Gasteiger partial charge is 0.341 e. The SMILES string of the molecule is CN(Cc1ccsc1)C(=O)C1CCCC1N. The van der Waals surface area contributed by atoms with Gasteiger partial charge in [-0.05, 0) is 35.2 Å². The molecular formula is C12H18N2OS. The fourth-order valence-electron chi connectivity index (χ4n) is 2.31. The number of amides is 1. The molecule has 0 saturated heterocycles. The van der Waals surface area contributed by atoms with Gasteiger partial charge in [0.2, 0.25) is 5.91 Å². The van der Waals surface area contributed by atoms with Gasteiger partial charge < -0.3 is 10.6 Å². The lowest BCUT2D eigenvalue weighted by Gasteiger charge is -2.23. The normalized spacial score (nSPS) is 24.6. The molecule has 2 rings (SSSR count). The van der Waals surface area contributed by atoms with Crippen LogP contribution in [-0.4, -0.2) is 23.9 Å². The van der Waals surface area contributed by atoms with Gasteiger partial charge in [-0.25, -0.2) is 0 Å². The van der Waals surface area contributed by atoms with Crippen LogP contribution in [0.15, 0.2) is 16.8 Å². The molecule has 88 valence electrons. The van der Waals surface area contributed by atoms with Crippen LogP contribution in [0, 0.1) is 5.92 Å². The summed E-state index contributed by atoms with van der Waals surface area (Å²) < 4.78 is 0. The van der Waals surface area contributed by atoms with E-state index in [2.05, 4.69) is 11.4 Å². The summed E-state index contributed by atoms with van der Waals surface area (Å²) in [6.07, 6.45) is 3.03. The number of rotatable bonds is 3. The number of carbonyl (C=O) groups is 1. The average Bonchev–Trinajstić information content (AvgIpc) is 2.88. The molecule has 4 heteroatoms. The minimum Gasteiger partial charge on any atom is -0.341 e. The van der Waals surface area contributed by atoms with E-state index in [4.69, 9.17) is 5.73 Å². The third-order valence-corrected chi connectivity index (χ3v) is 3.99. The molecule has 1 fully saturated rings. The number of carbonyl (C=O) groups excluding carboxylic acids is 1. The van der Waals surface area contributed by atoms with Crippen LogP contribution in [0.4, 0.5) is 0 Å². The van der Waals surface area contributed by atoms with Gasteiger partial charge in [0.1, 0.15) is 0 Å². The van der Waals surface area contributed by atoms with Crippen molar-refractivity contribution in [2.75, 3.05) is 7.05 Å². The van der Waals surface area contributed by atoms with Crippen LogP contribution in [0.5, 0.6) is 0 Å². The van der Waals surface area contributed by atoms with E-state index in [1.807, 2.05) is 12.4 Å². The third-order valence-electron chi connectivity index (χ3n) is 3.26. The van der Waals surface area contributed by atoms with E-state index in [1.54, 1.807) is 16.2 Å². The Bertz CT molecular complexity index is 350. The molecule has 0 aromatic carbocycles. The molecule has 0 spiro atoms. The Morgan fingerprint density at radius 3 is 3.00 bits per heavy atom. The van der Waals surface area contributed by atoms with Crippen LogP contribution >= 0.6 is 11.3 Å². The Morgan fingerprint density at radius 1 is 1.62 bits per heavy atom. The first-order valence-electron chi connectivity index (χ1n) is 5.70. The van der Waals surface area contributed by atoms with Crippen LogP contribution < -0.4 is 5.73 Å². The molecule has 16 heavy (non-hydrogen) atoms. The molecule has 1 amide bonds. The molecule has 0 aliphatic heterocycles. The fourth-order valence-corrected chi connectivity index (χ4v) is 2.97. The van der Waals surface area contributed by atoms with E-state index in [9.17, 15) is 4.79 Å². The predicted octanol–water partition coefficient (Wildman–Crippen LogP) is 1.83. The zero-order chi connectivity index (χ0) is 11.5. The average molecular weight is 238 g/mol. The van der Waals surface area contributed by atoms with E-state index in [1.165, 1.54) is 5.56 Å². The van der Waals surface area contributed by atoms with Gasteiger partial charge in [0, 0.05) is 19.6 Å². The number of hydrogen-bond acceptors (Lipinski definition) is 3. The van der Waals surface area contributed by atoms with E-state index in [0.717, 1.165) is 19.3 Å². The lowest BCUT2D eigenvalue weighted by molar-refractivity contribution is -0.134. The maximum Gasteiger partial charge on any atom is 0.227 e. The molecule has 3 nitrogen and oxygen atoms in total. The van der Waals surface area contributed by atoms with Gasteiger partial charge in [0.25, 0.3) is 0 Å². The van der Waals surface area contributed by atoms with Gasteiger partial charge >= 0.3 is 0 Å². The predicted molar refractivity (Wildman–Crippen MR) is 66.1 cm³/mol. The minimum absolute atomic E-state index is 0.0450. The lowest BCUT2D eigenvalue weighted by Crippen LogP contribution is -2.39. The van der Waals surface area contributed by atoms with Gasteiger partial charge in [0.15, 0.2) is 0 Å². The quantitative estimate of drug-likeness (QED) is 0.873.